The summed E-state index contributed by atoms with van der Waals surface area (Å²) in [6.07, 6.45) is 0.743. The molecule has 7 heteroatoms. The van der Waals surface area contributed by atoms with E-state index in [9.17, 15) is 19.8 Å². The van der Waals surface area contributed by atoms with Crippen molar-refractivity contribution in [2.45, 2.75) is 70.6 Å². The van der Waals surface area contributed by atoms with E-state index in [0.29, 0.717) is 25.9 Å². The number of carboxylic acids is 1. The van der Waals surface area contributed by atoms with Gasteiger partial charge in [0.1, 0.15) is 5.60 Å². The topological polar surface area (TPSA) is 99.1 Å². The number of aliphatic carboxylic acids is 1. The lowest BCUT2D eigenvalue weighted by Crippen LogP contribution is -2.57. The highest BCUT2D eigenvalue weighted by atomic mass is 16.6. The summed E-state index contributed by atoms with van der Waals surface area (Å²) < 4.78 is 5.17. The summed E-state index contributed by atoms with van der Waals surface area (Å²) in [5, 5.41) is 22.5. The lowest BCUT2D eigenvalue weighted by Gasteiger charge is -2.32. The van der Waals surface area contributed by atoms with Crippen LogP contribution in [0, 0.1) is 0 Å². The van der Waals surface area contributed by atoms with Crippen molar-refractivity contribution in [2.75, 3.05) is 19.6 Å². The van der Waals surface area contributed by atoms with Crippen molar-refractivity contribution in [3.63, 3.8) is 0 Å². The molecule has 0 aliphatic carbocycles. The Bertz CT molecular complexity index is 442. The van der Waals surface area contributed by atoms with E-state index >= 15 is 0 Å². The molecule has 3 N–H and O–H groups in total. The van der Waals surface area contributed by atoms with Gasteiger partial charge in [0.25, 0.3) is 0 Å². The maximum atomic E-state index is 12.0. The van der Waals surface area contributed by atoms with Gasteiger partial charge in [-0.05, 0) is 40.0 Å². The van der Waals surface area contributed by atoms with Crippen LogP contribution in [0.4, 0.5) is 4.79 Å². The second-order valence-electron chi connectivity index (χ2n) is 7.41. The highest BCUT2D eigenvalue weighted by molar-refractivity contribution is 5.85. The predicted octanol–water partition coefficient (Wildman–Crippen LogP) is 1.59. The van der Waals surface area contributed by atoms with E-state index in [-0.39, 0.29) is 13.0 Å². The summed E-state index contributed by atoms with van der Waals surface area (Å²) in [6.45, 7) is 10.0. The summed E-state index contributed by atoms with van der Waals surface area (Å²) >= 11 is 0. The second-order valence-corrected chi connectivity index (χ2v) is 7.41. The summed E-state index contributed by atoms with van der Waals surface area (Å²) in [5.41, 5.74) is -2.89. The van der Waals surface area contributed by atoms with Gasteiger partial charge in [-0.25, -0.2) is 9.59 Å². The molecule has 0 saturated carbocycles. The number of carbonyl (C=O) groups is 2. The van der Waals surface area contributed by atoms with Gasteiger partial charge in [-0.3, -0.25) is 4.90 Å². The number of nitrogens with one attached hydrogen (secondary N) is 1. The first kappa shape index (κ1) is 19.7. The number of likely N-dealkylation sites (tertiary alicyclic amines) is 1. The van der Waals surface area contributed by atoms with Gasteiger partial charge in [-0.1, -0.05) is 13.8 Å². The van der Waals surface area contributed by atoms with Crippen LogP contribution in [0.1, 0.15) is 53.9 Å². The molecule has 0 spiro atoms. The van der Waals surface area contributed by atoms with Crippen LogP contribution in [-0.2, 0) is 9.53 Å². The van der Waals surface area contributed by atoms with Gasteiger partial charge in [0.05, 0.1) is 5.60 Å². The van der Waals surface area contributed by atoms with Gasteiger partial charge >= 0.3 is 12.1 Å². The Labute approximate surface area is 138 Å². The van der Waals surface area contributed by atoms with Crippen molar-refractivity contribution in [1.82, 2.24) is 10.2 Å². The fourth-order valence-electron chi connectivity index (χ4n) is 2.74. The second kappa shape index (κ2) is 7.05. The number of aliphatic hydroxyl groups is 1. The molecule has 1 rings (SSSR count). The maximum Gasteiger partial charge on any atom is 0.408 e. The van der Waals surface area contributed by atoms with Crippen molar-refractivity contribution in [3.05, 3.63) is 0 Å². The Kier molecular flexibility index (Phi) is 6.04. The first-order chi connectivity index (χ1) is 10.5. The molecule has 0 aromatic heterocycles. The zero-order valence-electron chi connectivity index (χ0n) is 14.8. The summed E-state index contributed by atoms with van der Waals surface area (Å²) in [6, 6.07) is 0. The summed E-state index contributed by atoms with van der Waals surface area (Å²) in [7, 11) is 0. The minimum absolute atomic E-state index is 0.157. The third kappa shape index (κ3) is 5.35. The number of hydrogen-bond acceptors (Lipinski definition) is 5. The van der Waals surface area contributed by atoms with E-state index in [4.69, 9.17) is 4.74 Å². The van der Waals surface area contributed by atoms with Crippen molar-refractivity contribution < 1.29 is 24.5 Å². The predicted molar refractivity (Wildman–Crippen MR) is 86.3 cm³/mol. The molecule has 7 nitrogen and oxygen atoms in total. The van der Waals surface area contributed by atoms with Crippen LogP contribution in [-0.4, -0.2) is 63.6 Å². The van der Waals surface area contributed by atoms with E-state index in [1.807, 2.05) is 18.7 Å². The quantitative estimate of drug-likeness (QED) is 0.684. The van der Waals surface area contributed by atoms with Gasteiger partial charge < -0.3 is 20.3 Å². The minimum atomic E-state index is -1.37. The van der Waals surface area contributed by atoms with E-state index < -0.39 is 28.8 Å². The van der Waals surface area contributed by atoms with E-state index in [1.54, 1.807) is 20.8 Å². The molecule has 23 heavy (non-hydrogen) atoms. The molecule has 134 valence electrons. The minimum Gasteiger partial charge on any atom is -0.479 e. The molecule has 1 fully saturated rings. The van der Waals surface area contributed by atoms with Gasteiger partial charge in [0.2, 0.25) is 0 Å². The third-order valence-corrected chi connectivity index (χ3v) is 4.33. The molecule has 0 radical (unpaired) electrons. The third-order valence-electron chi connectivity index (χ3n) is 4.33. The van der Waals surface area contributed by atoms with Crippen LogP contribution in [0.3, 0.4) is 0 Å². The molecular weight excluding hydrogens is 300 g/mol. The van der Waals surface area contributed by atoms with Crippen LogP contribution < -0.4 is 5.32 Å². The molecule has 0 aromatic carbocycles. The van der Waals surface area contributed by atoms with Gasteiger partial charge in [0, 0.05) is 19.6 Å². The highest BCUT2D eigenvalue weighted by Crippen LogP contribution is 2.26. The zero-order valence-corrected chi connectivity index (χ0v) is 14.8. The van der Waals surface area contributed by atoms with Crippen molar-refractivity contribution in [1.29, 1.82) is 0 Å². The number of nitrogens with zero attached hydrogens (tertiary/aromatic N) is 1. The van der Waals surface area contributed by atoms with Crippen LogP contribution in [0.5, 0.6) is 0 Å². The Hall–Kier alpha value is -1.34. The fraction of sp³-hybridized carbons (Fsp3) is 0.875. The van der Waals surface area contributed by atoms with Crippen LogP contribution in [0.25, 0.3) is 0 Å². The van der Waals surface area contributed by atoms with Gasteiger partial charge in [-0.2, -0.15) is 0 Å². The molecule has 1 saturated heterocycles. The first-order valence-corrected chi connectivity index (χ1v) is 8.14. The molecule has 1 unspecified atom stereocenters. The zero-order chi connectivity index (χ0) is 17.9. The lowest BCUT2D eigenvalue weighted by molar-refractivity contribution is -0.144. The SMILES string of the molecule is CCC(O)(CC)CN1CCC(NC(=O)OC(C)(C)C)(C(=O)O)C1. The number of β-amino-alcohol motifs (C(OH)–C–C–N with tert-alkyl or cyclic N) is 1. The monoisotopic (exact) mass is 330 g/mol. The number of carbonyl (C=O) groups excluding carboxylic acids is 1. The lowest BCUT2D eigenvalue weighted by atomic mass is 9.96. The average Bonchev–Trinajstić information content (AvgIpc) is 2.80. The van der Waals surface area contributed by atoms with Gasteiger partial charge in [-0.15, -0.1) is 0 Å². The summed E-state index contributed by atoms with van der Waals surface area (Å²) in [5.74, 6) is -1.08. The number of hydrogen-bond donors (Lipinski definition) is 3. The van der Waals surface area contributed by atoms with E-state index in [1.165, 1.54) is 0 Å². The average molecular weight is 330 g/mol. The first-order valence-electron chi connectivity index (χ1n) is 8.14. The highest BCUT2D eigenvalue weighted by Gasteiger charge is 2.48. The van der Waals surface area contributed by atoms with Crippen molar-refractivity contribution in [2.24, 2.45) is 0 Å². The van der Waals surface area contributed by atoms with Crippen LogP contribution >= 0.6 is 0 Å². The Morgan fingerprint density at radius 1 is 1.26 bits per heavy atom. The number of rotatable bonds is 6. The molecule has 1 atom stereocenters. The van der Waals surface area contributed by atoms with Crippen molar-refractivity contribution >= 4 is 12.1 Å². The molecule has 0 aromatic rings. The number of ether oxygens (including phenoxy) is 1. The molecule has 0 bridgehead atoms. The Morgan fingerprint density at radius 2 is 1.83 bits per heavy atom. The van der Waals surface area contributed by atoms with Crippen LogP contribution in [0.2, 0.25) is 0 Å². The molecule has 1 heterocycles. The molecular formula is C16H30N2O5. The molecule has 1 aliphatic rings. The standard InChI is InChI=1S/C16H30N2O5/c1-6-15(22,7-2)10-18-9-8-16(11-18,12(19)20)17-13(21)23-14(3,4)5/h22H,6-11H2,1-5H3,(H,17,21)(H,19,20). The summed E-state index contributed by atoms with van der Waals surface area (Å²) in [4.78, 5) is 25.6. The number of alkyl carbamates (subject to hydrolysis) is 1. The Balaban J connectivity index is 2.77. The number of amides is 1. The van der Waals surface area contributed by atoms with Crippen molar-refractivity contribution in [3.8, 4) is 0 Å². The van der Waals surface area contributed by atoms with Crippen LogP contribution in [0.15, 0.2) is 0 Å². The largest absolute Gasteiger partial charge is 0.479 e. The van der Waals surface area contributed by atoms with Gasteiger partial charge in [0.15, 0.2) is 5.54 Å². The normalized spacial score (nSPS) is 22.9. The van der Waals surface area contributed by atoms with E-state index in [0.717, 1.165) is 0 Å². The molecule has 1 amide bonds. The Morgan fingerprint density at radius 3 is 2.26 bits per heavy atom. The number of carboxylic acid groups (broad SMARTS) is 1. The fourth-order valence-corrected chi connectivity index (χ4v) is 2.74. The van der Waals surface area contributed by atoms with E-state index in [2.05, 4.69) is 5.32 Å². The smallest absolute Gasteiger partial charge is 0.408 e. The molecule has 1 aliphatic heterocycles. The maximum absolute atomic E-state index is 12.0.